The van der Waals surface area contributed by atoms with Crippen LogP contribution in [0, 0.1) is 0 Å². The van der Waals surface area contributed by atoms with E-state index < -0.39 is 0 Å². The molecule has 0 N–H and O–H groups in total. The van der Waals surface area contributed by atoms with Crippen LogP contribution in [0.3, 0.4) is 0 Å². The maximum absolute atomic E-state index is 11.6. The molecule has 4 heteroatoms. The highest BCUT2D eigenvalue weighted by Gasteiger charge is 2.15. The Labute approximate surface area is 106 Å². The van der Waals surface area contributed by atoms with Crippen LogP contribution < -0.4 is 4.74 Å². The fraction of sp³-hybridized carbons (Fsp3) is 0.462. The molecule has 0 aliphatic heterocycles. The molecule has 1 atom stereocenters. The number of thioether (sulfide) groups is 1. The van der Waals surface area contributed by atoms with Gasteiger partial charge in [0, 0.05) is 13.5 Å². The number of ether oxygens (including phenoxy) is 2. The molecule has 0 radical (unpaired) electrons. The van der Waals surface area contributed by atoms with Crippen molar-refractivity contribution in [2.24, 2.45) is 0 Å². The van der Waals surface area contributed by atoms with E-state index in [2.05, 4.69) is 0 Å². The summed E-state index contributed by atoms with van der Waals surface area (Å²) in [4.78, 5) is 11.6. The molecule has 0 spiro atoms. The van der Waals surface area contributed by atoms with E-state index in [0.717, 1.165) is 17.1 Å². The zero-order chi connectivity index (χ0) is 12.7. The average Bonchev–Trinajstić information content (AvgIpc) is 2.36. The lowest BCUT2D eigenvalue weighted by molar-refractivity contribution is -0.113. The van der Waals surface area contributed by atoms with Crippen molar-refractivity contribution in [3.05, 3.63) is 29.8 Å². The standard InChI is InChI=1S/C13H18O3S/c1-4-17-13(14)9-12(16-3)10-5-7-11(15-2)8-6-10/h5-8,12H,4,9H2,1-3H3. The van der Waals surface area contributed by atoms with Crippen molar-refractivity contribution in [3.8, 4) is 5.75 Å². The van der Waals surface area contributed by atoms with Gasteiger partial charge in [-0.1, -0.05) is 30.8 Å². The lowest BCUT2D eigenvalue weighted by Gasteiger charge is -2.15. The number of hydrogen-bond donors (Lipinski definition) is 0. The Morgan fingerprint density at radius 2 is 1.94 bits per heavy atom. The van der Waals surface area contributed by atoms with Crippen molar-refractivity contribution in [3.63, 3.8) is 0 Å². The van der Waals surface area contributed by atoms with Gasteiger partial charge in [0.15, 0.2) is 5.12 Å². The minimum atomic E-state index is -0.174. The number of carbonyl (C=O) groups is 1. The van der Waals surface area contributed by atoms with Crippen molar-refractivity contribution in [2.75, 3.05) is 20.0 Å². The Morgan fingerprint density at radius 3 is 2.41 bits per heavy atom. The van der Waals surface area contributed by atoms with Gasteiger partial charge in [0.25, 0.3) is 0 Å². The zero-order valence-electron chi connectivity index (χ0n) is 10.4. The molecular formula is C13H18O3S. The van der Waals surface area contributed by atoms with Gasteiger partial charge in [-0.05, 0) is 23.4 Å². The molecule has 1 aromatic carbocycles. The first-order valence-electron chi connectivity index (χ1n) is 5.53. The highest BCUT2D eigenvalue weighted by molar-refractivity contribution is 8.13. The van der Waals surface area contributed by atoms with Crippen LogP contribution in [0.5, 0.6) is 5.75 Å². The maximum Gasteiger partial charge on any atom is 0.191 e. The second kappa shape index (κ2) is 7.35. The van der Waals surface area contributed by atoms with E-state index >= 15 is 0 Å². The van der Waals surface area contributed by atoms with Gasteiger partial charge >= 0.3 is 0 Å². The average molecular weight is 254 g/mol. The van der Waals surface area contributed by atoms with Gasteiger partial charge in [-0.2, -0.15) is 0 Å². The highest BCUT2D eigenvalue weighted by Crippen LogP contribution is 2.25. The topological polar surface area (TPSA) is 35.5 Å². The van der Waals surface area contributed by atoms with Gasteiger partial charge in [0.05, 0.1) is 13.2 Å². The van der Waals surface area contributed by atoms with Crippen LogP contribution in [0.25, 0.3) is 0 Å². The van der Waals surface area contributed by atoms with Gasteiger partial charge in [0.1, 0.15) is 5.75 Å². The normalized spacial score (nSPS) is 12.2. The van der Waals surface area contributed by atoms with Gasteiger partial charge in [-0.15, -0.1) is 0 Å². The van der Waals surface area contributed by atoms with Crippen LogP contribution in [0.2, 0.25) is 0 Å². The fourth-order valence-electron chi connectivity index (χ4n) is 1.53. The molecule has 0 fully saturated rings. The molecule has 0 aromatic heterocycles. The highest BCUT2D eigenvalue weighted by atomic mass is 32.2. The molecular weight excluding hydrogens is 236 g/mol. The molecule has 0 amide bonds. The number of hydrogen-bond acceptors (Lipinski definition) is 4. The summed E-state index contributed by atoms with van der Waals surface area (Å²) in [5.74, 6) is 1.61. The van der Waals surface area contributed by atoms with Crippen LogP contribution in [0.1, 0.15) is 25.0 Å². The van der Waals surface area contributed by atoms with Crippen molar-refractivity contribution < 1.29 is 14.3 Å². The quantitative estimate of drug-likeness (QED) is 0.781. The third-order valence-corrected chi connectivity index (χ3v) is 3.21. The molecule has 17 heavy (non-hydrogen) atoms. The van der Waals surface area contributed by atoms with E-state index in [0.29, 0.717) is 6.42 Å². The van der Waals surface area contributed by atoms with E-state index in [-0.39, 0.29) is 11.2 Å². The maximum atomic E-state index is 11.6. The van der Waals surface area contributed by atoms with Crippen LogP contribution >= 0.6 is 11.8 Å². The first-order chi connectivity index (χ1) is 8.21. The number of benzene rings is 1. The van der Waals surface area contributed by atoms with Gasteiger partial charge in [-0.25, -0.2) is 0 Å². The predicted molar refractivity (Wildman–Crippen MR) is 70.5 cm³/mol. The summed E-state index contributed by atoms with van der Waals surface area (Å²) < 4.78 is 10.4. The molecule has 1 rings (SSSR count). The first kappa shape index (κ1) is 14.1. The summed E-state index contributed by atoms with van der Waals surface area (Å²) in [6, 6.07) is 7.60. The summed E-state index contributed by atoms with van der Waals surface area (Å²) in [5, 5.41) is 0.162. The van der Waals surface area contributed by atoms with Gasteiger partial charge < -0.3 is 9.47 Å². The summed E-state index contributed by atoms with van der Waals surface area (Å²) in [7, 11) is 3.25. The van der Waals surface area contributed by atoms with E-state index in [9.17, 15) is 4.79 Å². The van der Waals surface area contributed by atoms with Gasteiger partial charge in [-0.3, -0.25) is 4.79 Å². The predicted octanol–water partition coefficient (Wildman–Crippen LogP) is 3.05. The first-order valence-corrected chi connectivity index (χ1v) is 6.52. The molecule has 1 unspecified atom stereocenters. The minimum Gasteiger partial charge on any atom is -0.497 e. The third kappa shape index (κ3) is 4.40. The molecule has 94 valence electrons. The lowest BCUT2D eigenvalue weighted by Crippen LogP contribution is -2.06. The van der Waals surface area contributed by atoms with Gasteiger partial charge in [0.2, 0.25) is 0 Å². The zero-order valence-corrected chi connectivity index (χ0v) is 11.3. The molecule has 0 saturated carbocycles. The number of methoxy groups -OCH3 is 2. The Kier molecular flexibility index (Phi) is 6.08. The monoisotopic (exact) mass is 254 g/mol. The van der Waals surface area contributed by atoms with Crippen LogP contribution in [-0.4, -0.2) is 25.1 Å². The molecule has 0 saturated heterocycles. The minimum absolute atomic E-state index is 0.162. The SMILES string of the molecule is CCSC(=O)CC(OC)c1ccc(OC)cc1. The Morgan fingerprint density at radius 1 is 1.29 bits per heavy atom. The summed E-state index contributed by atoms with van der Waals surface area (Å²) in [6.45, 7) is 1.97. The molecule has 0 aliphatic rings. The second-order valence-electron chi connectivity index (χ2n) is 3.51. The van der Waals surface area contributed by atoms with Crippen molar-refractivity contribution in [1.82, 2.24) is 0 Å². The molecule has 0 bridgehead atoms. The van der Waals surface area contributed by atoms with E-state index in [1.807, 2.05) is 31.2 Å². The second-order valence-corrected chi connectivity index (χ2v) is 4.83. The molecule has 0 heterocycles. The Balaban J connectivity index is 2.68. The largest absolute Gasteiger partial charge is 0.497 e. The summed E-state index contributed by atoms with van der Waals surface area (Å²) in [5.41, 5.74) is 0.998. The summed E-state index contributed by atoms with van der Waals surface area (Å²) >= 11 is 1.33. The van der Waals surface area contributed by atoms with Crippen LogP contribution in [0.4, 0.5) is 0 Å². The van der Waals surface area contributed by atoms with Crippen LogP contribution in [-0.2, 0) is 9.53 Å². The van der Waals surface area contributed by atoms with E-state index in [1.54, 1.807) is 14.2 Å². The van der Waals surface area contributed by atoms with Crippen molar-refractivity contribution in [1.29, 1.82) is 0 Å². The summed E-state index contributed by atoms with van der Waals surface area (Å²) in [6.07, 6.45) is 0.230. The lowest BCUT2D eigenvalue weighted by atomic mass is 10.1. The van der Waals surface area contributed by atoms with E-state index in [4.69, 9.17) is 9.47 Å². The Hall–Kier alpha value is -1.00. The molecule has 3 nitrogen and oxygen atoms in total. The number of carbonyl (C=O) groups excluding carboxylic acids is 1. The fourth-order valence-corrected chi connectivity index (χ4v) is 2.12. The Bertz CT molecular complexity index is 348. The van der Waals surface area contributed by atoms with Crippen LogP contribution in [0.15, 0.2) is 24.3 Å². The molecule has 1 aromatic rings. The van der Waals surface area contributed by atoms with Crippen molar-refractivity contribution in [2.45, 2.75) is 19.4 Å². The third-order valence-electron chi connectivity index (χ3n) is 2.43. The van der Waals surface area contributed by atoms with E-state index in [1.165, 1.54) is 11.8 Å². The molecule has 0 aliphatic carbocycles. The van der Waals surface area contributed by atoms with Crippen molar-refractivity contribution >= 4 is 16.9 Å². The smallest absolute Gasteiger partial charge is 0.191 e. The number of rotatable bonds is 6.